The van der Waals surface area contributed by atoms with Crippen LogP contribution >= 0.6 is 12.2 Å². The molecule has 33 heavy (non-hydrogen) atoms. The predicted molar refractivity (Wildman–Crippen MR) is 131 cm³/mol. The molecule has 0 aliphatic carbocycles. The number of carbonyl (C=O) groups excluding carboxylic acids is 1. The number of thiocarbonyl (C=S) groups is 1. The van der Waals surface area contributed by atoms with Gasteiger partial charge >= 0.3 is 0 Å². The molecule has 0 aromatic heterocycles. The Morgan fingerprint density at radius 3 is 2.58 bits per heavy atom. The van der Waals surface area contributed by atoms with Gasteiger partial charge < -0.3 is 14.8 Å². The van der Waals surface area contributed by atoms with Gasteiger partial charge in [0, 0.05) is 18.8 Å². The summed E-state index contributed by atoms with van der Waals surface area (Å²) < 4.78 is 38.7. The third-order valence-corrected chi connectivity index (χ3v) is 6.52. The molecule has 8 nitrogen and oxygen atoms in total. The van der Waals surface area contributed by atoms with Gasteiger partial charge in [-0.3, -0.25) is 10.1 Å². The first-order valence-corrected chi connectivity index (χ1v) is 12.7. The summed E-state index contributed by atoms with van der Waals surface area (Å²) in [5, 5.41) is 5.61. The van der Waals surface area contributed by atoms with Gasteiger partial charge in [-0.25, -0.2) is 13.1 Å². The minimum absolute atomic E-state index is 0.0809. The molecule has 10 heteroatoms. The number of anilines is 1. The summed E-state index contributed by atoms with van der Waals surface area (Å²) in [6.07, 6.45) is 1.71. The minimum Gasteiger partial charge on any atom is -0.492 e. The molecule has 0 bridgehead atoms. The Bertz CT molecular complexity index is 1070. The Balaban J connectivity index is 1.56. The highest BCUT2D eigenvalue weighted by molar-refractivity contribution is 7.89. The van der Waals surface area contributed by atoms with Crippen molar-refractivity contribution in [3.05, 3.63) is 54.1 Å². The fraction of sp³-hybridized carbons (Fsp3) is 0.391. The van der Waals surface area contributed by atoms with Crippen molar-refractivity contribution < 1.29 is 22.7 Å². The van der Waals surface area contributed by atoms with E-state index in [1.165, 1.54) is 12.1 Å². The summed E-state index contributed by atoms with van der Waals surface area (Å²) >= 11 is 5.24. The van der Waals surface area contributed by atoms with E-state index in [2.05, 4.69) is 15.4 Å². The largest absolute Gasteiger partial charge is 0.492 e. The van der Waals surface area contributed by atoms with Gasteiger partial charge in [0.1, 0.15) is 5.75 Å². The second-order valence-corrected chi connectivity index (χ2v) is 10.3. The molecule has 3 rings (SSSR count). The van der Waals surface area contributed by atoms with Crippen LogP contribution in [-0.4, -0.2) is 45.3 Å². The molecule has 1 amide bonds. The zero-order valence-electron chi connectivity index (χ0n) is 18.7. The number of ether oxygens (including phenoxy) is 2. The number of hydrogen-bond acceptors (Lipinski definition) is 6. The first-order valence-electron chi connectivity index (χ1n) is 10.8. The third kappa shape index (κ3) is 7.50. The number of nitrogens with one attached hydrogen (secondary N) is 3. The van der Waals surface area contributed by atoms with Crippen LogP contribution in [0, 0.1) is 5.92 Å². The summed E-state index contributed by atoms with van der Waals surface area (Å²) in [4.78, 5) is 12.8. The fourth-order valence-corrected chi connectivity index (χ4v) is 4.45. The van der Waals surface area contributed by atoms with Crippen LogP contribution in [0.2, 0.25) is 0 Å². The van der Waals surface area contributed by atoms with Gasteiger partial charge in [0.15, 0.2) is 5.11 Å². The maximum absolute atomic E-state index is 12.7. The standard InChI is InChI=1S/C23H29N3O5S2/c1-16(2)15-31-21-8-4-3-7-20(21)22(27)26-23(32)25-17-9-11-19(12-10-17)33(28,29)24-14-18-6-5-13-30-18/h3-4,7-12,16,18,24H,5-6,13-15H2,1-2H3,(H2,25,26,27,32). The lowest BCUT2D eigenvalue weighted by Crippen LogP contribution is -2.34. The van der Waals surface area contributed by atoms with Crippen LogP contribution in [0.1, 0.15) is 37.0 Å². The van der Waals surface area contributed by atoms with Crippen molar-refractivity contribution >= 4 is 38.9 Å². The van der Waals surface area contributed by atoms with Crippen molar-refractivity contribution in [1.29, 1.82) is 0 Å². The van der Waals surface area contributed by atoms with Crippen LogP contribution in [0.3, 0.4) is 0 Å². The van der Waals surface area contributed by atoms with E-state index in [0.29, 0.717) is 36.1 Å². The van der Waals surface area contributed by atoms with Crippen LogP contribution in [-0.2, 0) is 14.8 Å². The number of benzene rings is 2. The van der Waals surface area contributed by atoms with Crippen molar-refractivity contribution in [1.82, 2.24) is 10.0 Å². The molecule has 1 saturated heterocycles. The van der Waals surface area contributed by atoms with Crippen molar-refractivity contribution in [2.45, 2.75) is 37.7 Å². The first kappa shape index (κ1) is 25.1. The topological polar surface area (TPSA) is 106 Å². The zero-order chi connectivity index (χ0) is 23.8. The van der Waals surface area contributed by atoms with Crippen molar-refractivity contribution in [3.8, 4) is 5.75 Å². The van der Waals surface area contributed by atoms with Gasteiger partial charge in [-0.05, 0) is 67.4 Å². The van der Waals surface area contributed by atoms with Gasteiger partial charge in [-0.15, -0.1) is 0 Å². The zero-order valence-corrected chi connectivity index (χ0v) is 20.3. The number of hydrogen-bond donors (Lipinski definition) is 3. The summed E-state index contributed by atoms with van der Waals surface area (Å²) in [6, 6.07) is 13.1. The quantitative estimate of drug-likeness (QED) is 0.462. The van der Waals surface area contributed by atoms with E-state index in [-0.39, 0.29) is 22.7 Å². The summed E-state index contributed by atoms with van der Waals surface area (Å²) in [5.41, 5.74) is 0.920. The molecule has 0 saturated carbocycles. The van der Waals surface area contributed by atoms with Gasteiger partial charge in [0.2, 0.25) is 10.0 Å². The second-order valence-electron chi connectivity index (χ2n) is 8.12. The number of carbonyl (C=O) groups is 1. The van der Waals surface area contributed by atoms with Crippen molar-refractivity contribution in [3.63, 3.8) is 0 Å². The lowest BCUT2D eigenvalue weighted by Gasteiger charge is -2.14. The van der Waals surface area contributed by atoms with Crippen molar-refractivity contribution in [2.24, 2.45) is 5.92 Å². The Morgan fingerprint density at radius 1 is 1.18 bits per heavy atom. The molecule has 0 radical (unpaired) electrons. The highest BCUT2D eigenvalue weighted by Gasteiger charge is 2.20. The maximum atomic E-state index is 12.7. The van der Waals surface area contributed by atoms with Gasteiger partial charge in [0.05, 0.1) is 23.2 Å². The highest BCUT2D eigenvalue weighted by atomic mass is 32.2. The molecule has 178 valence electrons. The van der Waals surface area contributed by atoms with Crippen molar-refractivity contribution in [2.75, 3.05) is 25.1 Å². The minimum atomic E-state index is -3.64. The van der Waals surface area contributed by atoms with E-state index in [4.69, 9.17) is 21.7 Å². The third-order valence-electron chi connectivity index (χ3n) is 4.88. The Morgan fingerprint density at radius 2 is 1.91 bits per heavy atom. The van der Waals surface area contributed by atoms with E-state index in [1.807, 2.05) is 13.8 Å². The molecule has 1 atom stereocenters. The predicted octanol–water partition coefficient (Wildman–Crippen LogP) is 3.31. The fourth-order valence-electron chi connectivity index (χ4n) is 3.18. The summed E-state index contributed by atoms with van der Waals surface area (Å²) in [6.45, 7) is 5.46. The number of para-hydroxylation sites is 1. The second kappa shape index (κ2) is 11.6. The van der Waals surface area contributed by atoms with E-state index < -0.39 is 15.9 Å². The van der Waals surface area contributed by atoms with E-state index in [1.54, 1.807) is 36.4 Å². The smallest absolute Gasteiger partial charge is 0.261 e. The lowest BCUT2D eigenvalue weighted by molar-refractivity contribution is 0.0973. The van der Waals surface area contributed by atoms with Gasteiger partial charge in [0.25, 0.3) is 5.91 Å². The molecular formula is C23H29N3O5S2. The molecule has 2 aromatic carbocycles. The maximum Gasteiger partial charge on any atom is 0.261 e. The average molecular weight is 492 g/mol. The van der Waals surface area contributed by atoms with Crippen LogP contribution in [0.4, 0.5) is 5.69 Å². The number of sulfonamides is 1. The normalized spacial score (nSPS) is 15.9. The Kier molecular flexibility index (Phi) is 8.79. The monoisotopic (exact) mass is 491 g/mol. The Labute approximate surface area is 200 Å². The Hall–Kier alpha value is -2.53. The van der Waals surface area contributed by atoms with E-state index in [9.17, 15) is 13.2 Å². The van der Waals surface area contributed by atoms with Gasteiger partial charge in [-0.2, -0.15) is 0 Å². The van der Waals surface area contributed by atoms with Gasteiger partial charge in [-0.1, -0.05) is 26.0 Å². The molecule has 3 N–H and O–H groups in total. The highest BCUT2D eigenvalue weighted by Crippen LogP contribution is 2.19. The lowest BCUT2D eigenvalue weighted by atomic mass is 10.2. The molecule has 2 aromatic rings. The van der Waals surface area contributed by atoms with Crippen LogP contribution in [0.15, 0.2) is 53.4 Å². The molecule has 1 fully saturated rings. The molecule has 1 unspecified atom stereocenters. The van der Waals surface area contributed by atoms with E-state index in [0.717, 1.165) is 12.8 Å². The number of rotatable bonds is 9. The van der Waals surface area contributed by atoms with E-state index >= 15 is 0 Å². The van der Waals surface area contributed by atoms with Crippen LogP contribution in [0.5, 0.6) is 5.75 Å². The van der Waals surface area contributed by atoms with Crippen LogP contribution < -0.4 is 20.1 Å². The summed E-state index contributed by atoms with van der Waals surface area (Å²) in [5.74, 6) is 0.405. The van der Waals surface area contributed by atoms with Crippen LogP contribution in [0.25, 0.3) is 0 Å². The number of amides is 1. The molecule has 0 spiro atoms. The average Bonchev–Trinajstić information content (AvgIpc) is 3.30. The SMILES string of the molecule is CC(C)COc1ccccc1C(=O)NC(=S)Nc1ccc(S(=O)(=O)NCC2CCCO2)cc1. The molecular weight excluding hydrogens is 462 g/mol. The first-order chi connectivity index (χ1) is 15.7. The molecule has 1 heterocycles. The molecule has 1 aliphatic rings. The summed E-state index contributed by atoms with van der Waals surface area (Å²) in [7, 11) is -3.64. The molecule has 1 aliphatic heterocycles.